The standard InChI is InChI=1S/C46H48F2N8O6/c1-29(57)50-41-26-32(31-5-4-6-33(47)25-31)27-49-43(41)46(61)55-17-13-35(14-18-55)62-34-11-15-53(16-12-34)28-42(58)54-19-21-56(22-20-54)45(60)38-23-30(9-10-39(38)48)24-40-36-7-2-3-8-37(36)44(59)52-51-40/h2-10,23,25-27,34-35H,11-22,24,28H2,1H3,(H,50,57)(H,52,59). The number of nitrogens with one attached hydrogen (secondary N) is 2. The Morgan fingerprint density at radius 1 is 0.758 bits per heavy atom. The van der Waals surface area contributed by atoms with Crippen molar-refractivity contribution < 1.29 is 32.7 Å². The van der Waals surface area contributed by atoms with Crippen molar-refractivity contribution in [1.82, 2.24) is 34.8 Å². The summed E-state index contributed by atoms with van der Waals surface area (Å²) < 4.78 is 35.4. The minimum Gasteiger partial charge on any atom is -0.375 e. The molecule has 3 fully saturated rings. The SMILES string of the molecule is CC(=O)Nc1cc(-c2cccc(F)c2)cnc1C(=O)N1CCC(OC2CCN(CC(=O)N3CCN(C(=O)c4cc(Cc5n[nH]c(=O)c6ccccc56)ccc4F)CC3)CC2)CC1. The second-order valence-corrected chi connectivity index (χ2v) is 16.1. The van der Waals surface area contributed by atoms with Gasteiger partial charge < -0.3 is 24.8 Å². The minimum absolute atomic E-state index is 0.0120. The lowest BCUT2D eigenvalue weighted by Gasteiger charge is -2.38. The summed E-state index contributed by atoms with van der Waals surface area (Å²) >= 11 is 0. The van der Waals surface area contributed by atoms with E-state index in [1.807, 2.05) is 12.1 Å². The highest BCUT2D eigenvalue weighted by Crippen LogP contribution is 2.28. The van der Waals surface area contributed by atoms with E-state index < -0.39 is 17.5 Å². The molecule has 62 heavy (non-hydrogen) atoms. The van der Waals surface area contributed by atoms with E-state index >= 15 is 4.39 Å². The molecule has 0 atom stereocenters. The van der Waals surface area contributed by atoms with Crippen LogP contribution in [0, 0.1) is 11.6 Å². The second-order valence-electron chi connectivity index (χ2n) is 16.1. The molecule has 5 aromatic rings. The molecule has 4 amide bonds. The van der Waals surface area contributed by atoms with Crippen molar-refractivity contribution in [2.24, 2.45) is 0 Å². The summed E-state index contributed by atoms with van der Waals surface area (Å²) in [6.07, 6.45) is 4.68. The van der Waals surface area contributed by atoms with E-state index in [9.17, 15) is 28.4 Å². The van der Waals surface area contributed by atoms with Crippen molar-refractivity contribution in [3.05, 3.63) is 123 Å². The number of hydrogen-bond donors (Lipinski definition) is 2. The van der Waals surface area contributed by atoms with E-state index in [4.69, 9.17) is 4.74 Å². The third kappa shape index (κ3) is 9.71. The first-order chi connectivity index (χ1) is 30.0. The quantitative estimate of drug-likeness (QED) is 0.200. The zero-order valence-electron chi connectivity index (χ0n) is 34.4. The summed E-state index contributed by atoms with van der Waals surface area (Å²) in [6, 6.07) is 19.2. The van der Waals surface area contributed by atoms with Crippen molar-refractivity contribution in [3.63, 3.8) is 0 Å². The maximum Gasteiger partial charge on any atom is 0.274 e. The summed E-state index contributed by atoms with van der Waals surface area (Å²) in [4.78, 5) is 76.3. The highest BCUT2D eigenvalue weighted by atomic mass is 19.1. The predicted molar refractivity (Wildman–Crippen MR) is 227 cm³/mol. The number of aromatic nitrogens is 3. The number of benzene rings is 3. The first kappa shape index (κ1) is 42.3. The van der Waals surface area contributed by atoms with Crippen LogP contribution < -0.4 is 10.9 Å². The van der Waals surface area contributed by atoms with E-state index in [2.05, 4.69) is 25.4 Å². The highest BCUT2D eigenvalue weighted by molar-refractivity contribution is 6.02. The maximum absolute atomic E-state index is 15.0. The molecule has 3 aromatic carbocycles. The van der Waals surface area contributed by atoms with Gasteiger partial charge in [-0.2, -0.15) is 5.10 Å². The van der Waals surface area contributed by atoms with E-state index in [0.29, 0.717) is 91.7 Å². The Hall–Kier alpha value is -6.39. The third-order valence-corrected chi connectivity index (χ3v) is 11.9. The van der Waals surface area contributed by atoms with Crippen LogP contribution in [0.1, 0.15) is 64.7 Å². The molecule has 2 aromatic heterocycles. The van der Waals surface area contributed by atoms with Crippen LogP contribution in [-0.4, -0.2) is 130 Å². The van der Waals surface area contributed by atoms with Gasteiger partial charge in [0.2, 0.25) is 11.8 Å². The number of likely N-dealkylation sites (tertiary alicyclic amines) is 2. The minimum atomic E-state index is -0.623. The van der Waals surface area contributed by atoms with Gasteiger partial charge in [0.1, 0.15) is 11.6 Å². The Morgan fingerprint density at radius 2 is 1.44 bits per heavy atom. The van der Waals surface area contributed by atoms with Gasteiger partial charge in [0.05, 0.1) is 41.1 Å². The number of rotatable bonds is 10. The highest BCUT2D eigenvalue weighted by Gasteiger charge is 2.32. The number of ether oxygens (including phenoxy) is 1. The van der Waals surface area contributed by atoms with E-state index in [-0.39, 0.29) is 72.1 Å². The maximum atomic E-state index is 15.0. The van der Waals surface area contributed by atoms with E-state index in [1.54, 1.807) is 51.1 Å². The summed E-state index contributed by atoms with van der Waals surface area (Å²) in [5, 5.41) is 10.6. The van der Waals surface area contributed by atoms with Crippen LogP contribution in [0.3, 0.4) is 0 Å². The van der Waals surface area contributed by atoms with Crippen LogP contribution in [0.2, 0.25) is 0 Å². The summed E-state index contributed by atoms with van der Waals surface area (Å²) in [5.41, 5.74) is 2.51. The number of aromatic amines is 1. The third-order valence-electron chi connectivity index (χ3n) is 11.9. The number of amides is 4. The van der Waals surface area contributed by atoms with Gasteiger partial charge in [0.15, 0.2) is 5.69 Å². The van der Waals surface area contributed by atoms with Crippen molar-refractivity contribution in [1.29, 1.82) is 0 Å². The van der Waals surface area contributed by atoms with E-state index in [1.165, 1.54) is 37.4 Å². The van der Waals surface area contributed by atoms with Crippen LogP contribution >= 0.6 is 0 Å². The summed E-state index contributed by atoms with van der Waals surface area (Å²) in [6.45, 7) is 5.25. The number of hydrogen-bond acceptors (Lipinski definition) is 9. The van der Waals surface area contributed by atoms with Crippen LogP contribution in [0.25, 0.3) is 21.9 Å². The topological polar surface area (TPSA) is 161 Å². The number of H-pyrrole nitrogens is 1. The fourth-order valence-electron chi connectivity index (χ4n) is 8.53. The average Bonchev–Trinajstić information content (AvgIpc) is 3.28. The number of pyridine rings is 1. The second kappa shape index (κ2) is 18.7. The van der Waals surface area contributed by atoms with Crippen LogP contribution in [-0.2, 0) is 20.7 Å². The van der Waals surface area contributed by atoms with Gasteiger partial charge in [-0.1, -0.05) is 36.4 Å². The number of piperazine rings is 1. The molecule has 8 rings (SSSR count). The van der Waals surface area contributed by atoms with Crippen LogP contribution in [0.5, 0.6) is 0 Å². The molecule has 0 radical (unpaired) electrons. The Bertz CT molecular complexity index is 2550. The number of carbonyl (C=O) groups excluding carboxylic acids is 4. The summed E-state index contributed by atoms with van der Waals surface area (Å²) in [5.74, 6) is -2.11. The molecule has 322 valence electrons. The Labute approximate surface area is 356 Å². The van der Waals surface area contributed by atoms with Gasteiger partial charge in [0.25, 0.3) is 17.4 Å². The lowest BCUT2D eigenvalue weighted by molar-refractivity contribution is -0.135. The van der Waals surface area contributed by atoms with Crippen molar-refractivity contribution >= 4 is 40.1 Å². The van der Waals surface area contributed by atoms with Crippen molar-refractivity contribution in [3.8, 4) is 11.1 Å². The summed E-state index contributed by atoms with van der Waals surface area (Å²) in [7, 11) is 0. The number of carbonyl (C=O) groups is 4. The molecule has 2 N–H and O–H groups in total. The Balaban J connectivity index is 0.770. The van der Waals surface area contributed by atoms with E-state index in [0.717, 1.165) is 12.8 Å². The average molecular weight is 847 g/mol. The number of piperidine rings is 2. The molecule has 0 bridgehead atoms. The largest absolute Gasteiger partial charge is 0.375 e. The van der Waals surface area contributed by atoms with Gasteiger partial charge >= 0.3 is 0 Å². The molecule has 0 aliphatic carbocycles. The van der Waals surface area contributed by atoms with Gasteiger partial charge in [-0.05, 0) is 73.2 Å². The van der Waals surface area contributed by atoms with Gasteiger partial charge in [-0.25, -0.2) is 18.9 Å². The lowest BCUT2D eigenvalue weighted by atomic mass is 10.0. The Kier molecular flexibility index (Phi) is 12.8. The molecular weight excluding hydrogens is 799 g/mol. The molecule has 3 aliphatic heterocycles. The molecule has 0 spiro atoms. The number of nitrogens with zero attached hydrogens (tertiary/aromatic N) is 6. The van der Waals surface area contributed by atoms with Gasteiger partial charge in [-0.3, -0.25) is 28.9 Å². The molecule has 3 aliphatic rings. The van der Waals surface area contributed by atoms with Crippen LogP contribution in [0.15, 0.2) is 83.8 Å². The fraction of sp³-hybridized carbons (Fsp3) is 0.370. The molecule has 16 heteroatoms. The molecule has 0 saturated carbocycles. The van der Waals surface area contributed by atoms with Gasteiger partial charge in [0, 0.05) is 82.8 Å². The predicted octanol–water partition coefficient (Wildman–Crippen LogP) is 4.88. The monoisotopic (exact) mass is 846 g/mol. The lowest BCUT2D eigenvalue weighted by Crippen LogP contribution is -2.53. The normalized spacial score (nSPS) is 16.7. The Morgan fingerprint density at radius 3 is 2.15 bits per heavy atom. The van der Waals surface area contributed by atoms with Crippen molar-refractivity contribution in [2.45, 2.75) is 51.2 Å². The number of anilines is 1. The fourth-order valence-corrected chi connectivity index (χ4v) is 8.53. The number of halogens is 2. The molecule has 14 nitrogen and oxygen atoms in total. The zero-order chi connectivity index (χ0) is 43.3. The first-order valence-electron chi connectivity index (χ1n) is 21.0. The van der Waals surface area contributed by atoms with Crippen LogP contribution in [0.4, 0.5) is 14.5 Å². The van der Waals surface area contributed by atoms with Gasteiger partial charge in [-0.15, -0.1) is 0 Å². The smallest absolute Gasteiger partial charge is 0.274 e. The molecule has 3 saturated heterocycles. The first-order valence-corrected chi connectivity index (χ1v) is 21.0. The number of fused-ring (bicyclic) bond motifs is 1. The van der Waals surface area contributed by atoms with Crippen molar-refractivity contribution in [2.75, 3.05) is 64.2 Å². The zero-order valence-corrected chi connectivity index (χ0v) is 34.4. The molecule has 0 unspecified atom stereocenters. The molecular formula is C46H48F2N8O6. The molecule has 5 heterocycles.